The molecule has 0 spiro atoms. The summed E-state index contributed by atoms with van der Waals surface area (Å²) in [5.41, 5.74) is 0. The van der Waals surface area contributed by atoms with Crippen molar-refractivity contribution in [3.8, 4) is 0 Å². The van der Waals surface area contributed by atoms with Gasteiger partial charge in [0, 0.05) is 26.1 Å². The van der Waals surface area contributed by atoms with Crippen molar-refractivity contribution in [2.24, 2.45) is 0 Å². The van der Waals surface area contributed by atoms with Crippen molar-refractivity contribution in [1.29, 1.82) is 0 Å². The lowest BCUT2D eigenvalue weighted by molar-refractivity contribution is 0.387. The molecule has 0 aromatic carbocycles. The van der Waals surface area contributed by atoms with Crippen LogP contribution < -0.4 is 4.72 Å². The average Bonchev–Trinajstić information content (AvgIpc) is 2.75. The molecule has 1 N–H and O–H groups in total. The molecule has 9 heteroatoms. The summed E-state index contributed by atoms with van der Waals surface area (Å²) in [4.78, 5) is 7.76. The molecule has 0 saturated carbocycles. The highest BCUT2D eigenvalue weighted by Crippen LogP contribution is 2.12. The highest BCUT2D eigenvalue weighted by atomic mass is 35.5. The van der Waals surface area contributed by atoms with Gasteiger partial charge in [-0.05, 0) is 12.1 Å². The van der Waals surface area contributed by atoms with Crippen molar-refractivity contribution in [1.82, 2.24) is 19.8 Å². The van der Waals surface area contributed by atoms with Crippen LogP contribution in [0.1, 0.15) is 11.7 Å². The number of hydrogen-bond acceptors (Lipinski definition) is 6. The molecule has 0 aliphatic rings. The number of aryl methyl sites for hydroxylation is 1. The van der Waals surface area contributed by atoms with E-state index < -0.39 is 10.0 Å². The Morgan fingerprint density at radius 2 is 2.26 bits per heavy atom. The normalized spacial score (nSPS) is 11.7. The van der Waals surface area contributed by atoms with Gasteiger partial charge in [0.1, 0.15) is 5.15 Å². The van der Waals surface area contributed by atoms with Gasteiger partial charge in [-0.15, -0.1) is 0 Å². The van der Waals surface area contributed by atoms with Crippen LogP contribution >= 0.6 is 11.6 Å². The van der Waals surface area contributed by atoms with Crippen LogP contribution in [0.2, 0.25) is 5.15 Å². The lowest BCUT2D eigenvalue weighted by Crippen LogP contribution is -2.26. The second-order valence-corrected chi connectivity index (χ2v) is 5.85. The van der Waals surface area contributed by atoms with Crippen LogP contribution in [0, 0.1) is 6.92 Å². The second kappa shape index (κ2) is 5.64. The molecule has 0 saturated heterocycles. The molecule has 19 heavy (non-hydrogen) atoms. The number of sulfonamides is 1. The van der Waals surface area contributed by atoms with Crippen LogP contribution in [0.5, 0.6) is 0 Å². The van der Waals surface area contributed by atoms with Crippen LogP contribution in [-0.4, -0.2) is 30.1 Å². The van der Waals surface area contributed by atoms with E-state index in [-0.39, 0.29) is 16.6 Å². The third kappa shape index (κ3) is 3.72. The largest absolute Gasteiger partial charge is 0.340 e. The molecular weight excluding hydrogens is 292 g/mol. The number of nitrogens with one attached hydrogen (secondary N) is 1. The molecular formula is C10H11ClN4O3S. The van der Waals surface area contributed by atoms with Gasteiger partial charge in [0.25, 0.3) is 0 Å². The first kappa shape index (κ1) is 13.9. The standard InChI is InChI=1S/C10H11ClN4O3S/c1-7-14-10(15-18-7)3-5-13-19(16,17)8-2-4-12-9(11)6-8/h2,4,6,13H,3,5H2,1H3. The van der Waals surface area contributed by atoms with Crippen molar-refractivity contribution < 1.29 is 12.9 Å². The van der Waals surface area contributed by atoms with Crippen molar-refractivity contribution >= 4 is 21.6 Å². The zero-order valence-electron chi connectivity index (χ0n) is 10.00. The van der Waals surface area contributed by atoms with E-state index in [9.17, 15) is 8.42 Å². The third-order valence-electron chi connectivity index (χ3n) is 2.22. The molecule has 2 rings (SSSR count). The number of rotatable bonds is 5. The van der Waals surface area contributed by atoms with E-state index in [1.807, 2.05) is 0 Å². The van der Waals surface area contributed by atoms with Crippen molar-refractivity contribution in [2.75, 3.05) is 6.54 Å². The smallest absolute Gasteiger partial charge is 0.240 e. The average molecular weight is 303 g/mol. The van der Waals surface area contributed by atoms with E-state index in [1.165, 1.54) is 18.3 Å². The van der Waals surface area contributed by atoms with Gasteiger partial charge in [-0.3, -0.25) is 0 Å². The summed E-state index contributed by atoms with van der Waals surface area (Å²) in [5, 5.41) is 3.79. The van der Waals surface area contributed by atoms with Crippen molar-refractivity contribution in [3.63, 3.8) is 0 Å². The highest BCUT2D eigenvalue weighted by Gasteiger charge is 2.14. The Kier molecular flexibility index (Phi) is 4.13. The summed E-state index contributed by atoms with van der Waals surface area (Å²) in [6.07, 6.45) is 1.68. The highest BCUT2D eigenvalue weighted by molar-refractivity contribution is 7.89. The molecule has 2 heterocycles. The zero-order valence-corrected chi connectivity index (χ0v) is 11.6. The Balaban J connectivity index is 1.98. The zero-order chi connectivity index (χ0) is 13.9. The fourth-order valence-electron chi connectivity index (χ4n) is 1.38. The SMILES string of the molecule is Cc1nc(CCNS(=O)(=O)c2ccnc(Cl)c2)no1. The predicted octanol–water partition coefficient (Wildman–Crippen LogP) is 0.947. The van der Waals surface area contributed by atoms with E-state index in [4.69, 9.17) is 16.1 Å². The van der Waals surface area contributed by atoms with Crippen LogP contribution in [0.4, 0.5) is 0 Å². The maximum Gasteiger partial charge on any atom is 0.240 e. The maximum absolute atomic E-state index is 11.9. The van der Waals surface area contributed by atoms with Crippen LogP contribution in [0.25, 0.3) is 0 Å². The summed E-state index contributed by atoms with van der Waals surface area (Å²) < 4.78 is 31.0. The molecule has 0 unspecified atom stereocenters. The summed E-state index contributed by atoms with van der Waals surface area (Å²) in [6.45, 7) is 1.83. The molecule has 102 valence electrons. The summed E-state index contributed by atoms with van der Waals surface area (Å²) in [6, 6.07) is 2.65. The van der Waals surface area contributed by atoms with Crippen LogP contribution in [0.15, 0.2) is 27.7 Å². The molecule has 0 bridgehead atoms. The molecule has 0 aliphatic heterocycles. The van der Waals surface area contributed by atoms with E-state index in [1.54, 1.807) is 6.92 Å². The second-order valence-electron chi connectivity index (χ2n) is 3.69. The minimum absolute atomic E-state index is 0.0665. The first-order chi connectivity index (χ1) is 8.97. The first-order valence-corrected chi connectivity index (χ1v) is 7.24. The Morgan fingerprint density at radius 1 is 1.47 bits per heavy atom. The minimum Gasteiger partial charge on any atom is -0.340 e. The van der Waals surface area contributed by atoms with E-state index in [2.05, 4.69) is 19.8 Å². The molecule has 0 fully saturated rings. The summed E-state index contributed by atoms with van der Waals surface area (Å²) in [7, 11) is -3.61. The number of halogens is 1. The molecule has 0 amide bonds. The van der Waals surface area contributed by atoms with Gasteiger partial charge in [-0.2, -0.15) is 4.98 Å². The predicted molar refractivity (Wildman–Crippen MR) is 67.2 cm³/mol. The van der Waals surface area contributed by atoms with Gasteiger partial charge in [0.15, 0.2) is 5.82 Å². The van der Waals surface area contributed by atoms with Gasteiger partial charge in [-0.1, -0.05) is 16.8 Å². The van der Waals surface area contributed by atoms with Crippen LogP contribution in [-0.2, 0) is 16.4 Å². The van der Waals surface area contributed by atoms with E-state index in [0.717, 1.165) is 0 Å². The van der Waals surface area contributed by atoms with Gasteiger partial charge in [-0.25, -0.2) is 18.1 Å². The van der Waals surface area contributed by atoms with E-state index in [0.29, 0.717) is 18.1 Å². The number of pyridine rings is 1. The Labute approximate surface area is 115 Å². The van der Waals surface area contributed by atoms with Crippen molar-refractivity contribution in [3.05, 3.63) is 35.2 Å². The lowest BCUT2D eigenvalue weighted by atomic mass is 10.4. The molecule has 0 atom stereocenters. The molecule has 2 aromatic rings. The third-order valence-corrected chi connectivity index (χ3v) is 3.88. The minimum atomic E-state index is -3.61. The number of aromatic nitrogens is 3. The molecule has 0 aliphatic carbocycles. The van der Waals surface area contributed by atoms with Gasteiger partial charge in [0.2, 0.25) is 15.9 Å². The van der Waals surface area contributed by atoms with Gasteiger partial charge >= 0.3 is 0 Å². The lowest BCUT2D eigenvalue weighted by Gasteiger charge is -2.05. The Bertz CT molecular complexity index is 671. The first-order valence-electron chi connectivity index (χ1n) is 5.38. The Hall–Kier alpha value is -1.51. The fourth-order valence-corrected chi connectivity index (χ4v) is 2.66. The quantitative estimate of drug-likeness (QED) is 0.826. The summed E-state index contributed by atoms with van der Waals surface area (Å²) in [5.74, 6) is 0.895. The Morgan fingerprint density at radius 3 is 2.89 bits per heavy atom. The monoisotopic (exact) mass is 302 g/mol. The number of hydrogen-bond donors (Lipinski definition) is 1. The fraction of sp³-hybridized carbons (Fsp3) is 0.300. The topological polar surface area (TPSA) is 98.0 Å². The maximum atomic E-state index is 11.9. The van der Waals surface area contributed by atoms with Gasteiger partial charge in [0.05, 0.1) is 4.90 Å². The van der Waals surface area contributed by atoms with Crippen LogP contribution in [0.3, 0.4) is 0 Å². The summed E-state index contributed by atoms with van der Waals surface area (Å²) >= 11 is 5.65. The van der Waals surface area contributed by atoms with E-state index >= 15 is 0 Å². The van der Waals surface area contributed by atoms with Gasteiger partial charge < -0.3 is 4.52 Å². The molecule has 0 radical (unpaired) electrons. The van der Waals surface area contributed by atoms with Crippen molar-refractivity contribution in [2.45, 2.75) is 18.2 Å². The molecule has 2 aromatic heterocycles. The number of nitrogens with zero attached hydrogens (tertiary/aromatic N) is 3. The molecule has 7 nitrogen and oxygen atoms in total.